The van der Waals surface area contributed by atoms with E-state index < -0.39 is 17.9 Å². The van der Waals surface area contributed by atoms with Crippen molar-refractivity contribution in [3.05, 3.63) is 71.3 Å². The number of aliphatic hydroxyl groups excluding tert-OH is 1. The summed E-state index contributed by atoms with van der Waals surface area (Å²) in [4.78, 5) is 29.8. The molecule has 1 atom stereocenters. The molecule has 0 spiro atoms. The summed E-state index contributed by atoms with van der Waals surface area (Å²) in [6.07, 6.45) is -0.770. The van der Waals surface area contributed by atoms with E-state index in [-0.39, 0.29) is 6.61 Å². The zero-order chi connectivity index (χ0) is 14.8. The van der Waals surface area contributed by atoms with Gasteiger partial charge in [0.2, 0.25) is 0 Å². The molecule has 0 bridgehead atoms. The molecule has 106 valence electrons. The Labute approximate surface area is 121 Å². The summed E-state index contributed by atoms with van der Waals surface area (Å²) in [5.41, 5.74) is 1.32. The molecule has 1 N–H and O–H groups in total. The summed E-state index contributed by atoms with van der Waals surface area (Å²) in [5.74, 6) is -1.02. The molecule has 0 aliphatic carbocycles. The third-order valence-electron chi connectivity index (χ3n) is 3.33. The minimum atomic E-state index is -0.770. The highest BCUT2D eigenvalue weighted by atomic mass is 16.7. The molecule has 0 aromatic heterocycles. The summed E-state index contributed by atoms with van der Waals surface area (Å²) in [6.45, 7) is -0.336. The maximum atomic E-state index is 12.2. The van der Waals surface area contributed by atoms with Crippen LogP contribution in [-0.4, -0.2) is 28.6 Å². The van der Waals surface area contributed by atoms with Gasteiger partial charge >= 0.3 is 0 Å². The Morgan fingerprint density at radius 1 is 0.905 bits per heavy atom. The van der Waals surface area contributed by atoms with E-state index in [4.69, 9.17) is 4.84 Å². The van der Waals surface area contributed by atoms with Crippen molar-refractivity contribution in [2.24, 2.45) is 0 Å². The molecule has 0 saturated heterocycles. The Balaban J connectivity index is 1.86. The lowest BCUT2D eigenvalue weighted by atomic mass is 10.1. The van der Waals surface area contributed by atoms with Gasteiger partial charge in [-0.2, -0.15) is 0 Å². The Morgan fingerprint density at radius 3 is 1.95 bits per heavy atom. The maximum absolute atomic E-state index is 12.2. The van der Waals surface area contributed by atoms with Crippen LogP contribution in [0.5, 0.6) is 0 Å². The third kappa shape index (κ3) is 2.33. The fourth-order valence-electron chi connectivity index (χ4n) is 2.26. The summed E-state index contributed by atoms with van der Waals surface area (Å²) >= 11 is 0. The fourth-order valence-corrected chi connectivity index (χ4v) is 2.26. The topological polar surface area (TPSA) is 66.8 Å². The highest BCUT2D eigenvalue weighted by molar-refractivity contribution is 6.20. The molecular formula is C16H13NO4. The van der Waals surface area contributed by atoms with Gasteiger partial charge < -0.3 is 5.11 Å². The molecular weight excluding hydrogens is 270 g/mol. The first-order chi connectivity index (χ1) is 10.2. The van der Waals surface area contributed by atoms with Crippen molar-refractivity contribution in [1.29, 1.82) is 0 Å². The van der Waals surface area contributed by atoms with Gasteiger partial charge in [0.25, 0.3) is 11.8 Å². The second-order valence-corrected chi connectivity index (χ2v) is 4.64. The normalized spacial score (nSPS) is 15.2. The van der Waals surface area contributed by atoms with E-state index in [1.807, 2.05) is 6.07 Å². The van der Waals surface area contributed by atoms with Crippen LogP contribution in [0.3, 0.4) is 0 Å². The van der Waals surface area contributed by atoms with Crippen LogP contribution >= 0.6 is 0 Å². The SMILES string of the molecule is O=C1c2ccccc2C(=O)N1O[C@H](CO)c1ccccc1. The first-order valence-electron chi connectivity index (χ1n) is 6.52. The van der Waals surface area contributed by atoms with Crippen molar-refractivity contribution < 1.29 is 19.5 Å². The summed E-state index contributed by atoms with van der Waals surface area (Å²) < 4.78 is 0. The Morgan fingerprint density at radius 2 is 1.43 bits per heavy atom. The van der Waals surface area contributed by atoms with Gasteiger partial charge in [0.1, 0.15) is 6.10 Å². The van der Waals surface area contributed by atoms with E-state index in [9.17, 15) is 14.7 Å². The minimum absolute atomic E-state index is 0.312. The molecule has 21 heavy (non-hydrogen) atoms. The number of fused-ring (bicyclic) bond motifs is 1. The minimum Gasteiger partial charge on any atom is -0.393 e. The van der Waals surface area contributed by atoms with Gasteiger partial charge in [-0.1, -0.05) is 42.5 Å². The number of hydroxylamine groups is 2. The summed E-state index contributed by atoms with van der Waals surface area (Å²) in [7, 11) is 0. The number of nitrogens with zero attached hydrogens (tertiary/aromatic N) is 1. The molecule has 1 heterocycles. The van der Waals surface area contributed by atoms with Crippen LogP contribution in [0.2, 0.25) is 0 Å². The third-order valence-corrected chi connectivity index (χ3v) is 3.33. The van der Waals surface area contributed by atoms with E-state index >= 15 is 0 Å². The molecule has 0 unspecified atom stereocenters. The van der Waals surface area contributed by atoms with Gasteiger partial charge in [0, 0.05) is 0 Å². The molecule has 1 aliphatic heterocycles. The molecule has 2 aromatic carbocycles. The van der Waals surface area contributed by atoms with E-state index in [0.29, 0.717) is 16.7 Å². The number of hydrogen-bond acceptors (Lipinski definition) is 4. The van der Waals surface area contributed by atoms with Crippen LogP contribution in [0.15, 0.2) is 54.6 Å². The number of carbonyl (C=O) groups excluding carboxylic acids is 2. The van der Waals surface area contributed by atoms with E-state index in [1.54, 1.807) is 48.5 Å². The lowest BCUT2D eigenvalue weighted by Crippen LogP contribution is -2.32. The second kappa shape index (κ2) is 5.47. The van der Waals surface area contributed by atoms with Gasteiger partial charge in [-0.25, -0.2) is 0 Å². The average Bonchev–Trinajstić information content (AvgIpc) is 2.78. The molecule has 5 heteroatoms. The van der Waals surface area contributed by atoms with Crippen molar-refractivity contribution in [2.75, 3.05) is 6.61 Å². The van der Waals surface area contributed by atoms with Crippen molar-refractivity contribution in [3.8, 4) is 0 Å². The van der Waals surface area contributed by atoms with E-state index in [1.165, 1.54) is 0 Å². The van der Waals surface area contributed by atoms with Crippen LogP contribution in [0.4, 0.5) is 0 Å². The zero-order valence-electron chi connectivity index (χ0n) is 11.1. The Kier molecular flexibility index (Phi) is 3.51. The summed E-state index contributed by atoms with van der Waals surface area (Å²) in [5, 5.41) is 10.2. The van der Waals surface area contributed by atoms with Crippen molar-refractivity contribution in [1.82, 2.24) is 5.06 Å². The van der Waals surface area contributed by atoms with E-state index in [0.717, 1.165) is 5.06 Å². The van der Waals surface area contributed by atoms with Crippen LogP contribution in [0.25, 0.3) is 0 Å². The van der Waals surface area contributed by atoms with Crippen molar-refractivity contribution in [3.63, 3.8) is 0 Å². The standard InChI is InChI=1S/C16H13NO4/c18-10-14(11-6-2-1-3-7-11)21-17-15(19)12-8-4-5-9-13(12)16(17)20/h1-9,14,18H,10H2/t14-/m1/s1. The monoisotopic (exact) mass is 283 g/mol. The van der Waals surface area contributed by atoms with E-state index in [2.05, 4.69) is 0 Å². The van der Waals surface area contributed by atoms with Gasteiger partial charge in [0.05, 0.1) is 17.7 Å². The van der Waals surface area contributed by atoms with Crippen LogP contribution in [0.1, 0.15) is 32.4 Å². The molecule has 0 saturated carbocycles. The van der Waals surface area contributed by atoms with Gasteiger partial charge in [-0.05, 0) is 17.7 Å². The number of rotatable bonds is 4. The Bertz CT molecular complexity index is 649. The molecule has 3 rings (SSSR count). The zero-order valence-corrected chi connectivity index (χ0v) is 11.1. The number of imide groups is 1. The van der Waals surface area contributed by atoms with Crippen LogP contribution in [-0.2, 0) is 4.84 Å². The lowest BCUT2D eigenvalue weighted by molar-refractivity contribution is -0.146. The quantitative estimate of drug-likeness (QED) is 0.871. The Hall–Kier alpha value is -2.50. The maximum Gasteiger partial charge on any atom is 0.285 e. The predicted octanol–water partition coefficient (Wildman–Crippen LogP) is 1.95. The van der Waals surface area contributed by atoms with Gasteiger partial charge in [-0.15, -0.1) is 5.06 Å². The fraction of sp³-hybridized carbons (Fsp3) is 0.125. The number of amides is 2. The lowest BCUT2D eigenvalue weighted by Gasteiger charge is -2.21. The largest absolute Gasteiger partial charge is 0.393 e. The molecule has 0 fully saturated rings. The number of benzene rings is 2. The van der Waals surface area contributed by atoms with Crippen LogP contribution < -0.4 is 0 Å². The second-order valence-electron chi connectivity index (χ2n) is 4.64. The number of hydrogen-bond donors (Lipinski definition) is 1. The summed E-state index contributed by atoms with van der Waals surface area (Å²) in [6, 6.07) is 15.5. The molecule has 5 nitrogen and oxygen atoms in total. The van der Waals surface area contributed by atoms with Crippen LogP contribution in [0, 0.1) is 0 Å². The smallest absolute Gasteiger partial charge is 0.285 e. The van der Waals surface area contributed by atoms with Crippen molar-refractivity contribution in [2.45, 2.75) is 6.10 Å². The predicted molar refractivity (Wildman–Crippen MR) is 74.3 cm³/mol. The number of aliphatic hydroxyl groups is 1. The van der Waals surface area contributed by atoms with Gasteiger partial charge in [0.15, 0.2) is 0 Å². The molecule has 1 aliphatic rings. The number of carbonyl (C=O) groups is 2. The highest BCUT2D eigenvalue weighted by Gasteiger charge is 2.38. The molecule has 2 aromatic rings. The van der Waals surface area contributed by atoms with Crippen molar-refractivity contribution >= 4 is 11.8 Å². The average molecular weight is 283 g/mol. The molecule has 2 amide bonds. The first-order valence-corrected chi connectivity index (χ1v) is 6.52. The van der Waals surface area contributed by atoms with Gasteiger partial charge in [-0.3, -0.25) is 14.4 Å². The first kappa shape index (κ1) is 13.5. The highest BCUT2D eigenvalue weighted by Crippen LogP contribution is 2.27. The molecule has 0 radical (unpaired) electrons.